The minimum absolute atomic E-state index is 0.280. The van der Waals surface area contributed by atoms with E-state index in [1.165, 1.54) is 0 Å². The number of carbonyl (C=O) groups excluding carboxylic acids is 1. The number of fused-ring (bicyclic) bond motifs is 3. The highest BCUT2D eigenvalue weighted by molar-refractivity contribution is 5.56. The maximum absolute atomic E-state index is 12.1. The molecule has 200 valence electrons. The SMILES string of the molecule is CC1(C)O[C@@H]2[C@H](O1)[C@H]1OC(C)(C)O[C@H]1O[C@@H]2[C@@H](C[C@H](C=O)OCc1ccccc1)OCc1ccccc1. The lowest BCUT2D eigenvalue weighted by molar-refractivity contribution is -0.261. The summed E-state index contributed by atoms with van der Waals surface area (Å²) in [7, 11) is 0. The van der Waals surface area contributed by atoms with Gasteiger partial charge in [0.1, 0.15) is 36.8 Å². The van der Waals surface area contributed by atoms with Crippen molar-refractivity contribution in [1.29, 1.82) is 0 Å². The summed E-state index contributed by atoms with van der Waals surface area (Å²) in [6.07, 6.45) is -2.69. The third-order valence-corrected chi connectivity index (χ3v) is 6.79. The molecule has 3 fully saturated rings. The molecule has 0 bridgehead atoms. The summed E-state index contributed by atoms with van der Waals surface area (Å²) in [6, 6.07) is 19.6. The van der Waals surface area contributed by atoms with E-state index in [1.54, 1.807) is 0 Å². The van der Waals surface area contributed by atoms with Gasteiger partial charge in [0, 0.05) is 6.42 Å². The number of carbonyl (C=O) groups is 1. The topological polar surface area (TPSA) is 81.7 Å². The Hall–Kier alpha value is -2.17. The molecule has 0 radical (unpaired) electrons. The normalized spacial score (nSPS) is 31.3. The van der Waals surface area contributed by atoms with Gasteiger partial charge >= 0.3 is 0 Å². The van der Waals surface area contributed by atoms with Gasteiger partial charge in [0.2, 0.25) is 0 Å². The molecular formula is C29H36O8. The molecule has 5 rings (SSSR count). The van der Waals surface area contributed by atoms with Gasteiger partial charge in [-0.2, -0.15) is 0 Å². The monoisotopic (exact) mass is 512 g/mol. The first-order valence-electron chi connectivity index (χ1n) is 12.9. The van der Waals surface area contributed by atoms with Crippen molar-refractivity contribution >= 4 is 6.29 Å². The van der Waals surface area contributed by atoms with E-state index < -0.39 is 54.5 Å². The second-order valence-electron chi connectivity index (χ2n) is 10.7. The summed E-state index contributed by atoms with van der Waals surface area (Å²) in [4.78, 5) is 12.1. The molecule has 0 aliphatic carbocycles. The van der Waals surface area contributed by atoms with E-state index >= 15 is 0 Å². The third-order valence-electron chi connectivity index (χ3n) is 6.79. The van der Waals surface area contributed by atoms with E-state index in [0.717, 1.165) is 17.4 Å². The molecule has 0 aromatic heterocycles. The number of benzene rings is 2. The van der Waals surface area contributed by atoms with Crippen molar-refractivity contribution in [1.82, 2.24) is 0 Å². The van der Waals surface area contributed by atoms with Crippen molar-refractivity contribution < 1.29 is 38.0 Å². The first-order chi connectivity index (χ1) is 17.7. The fourth-order valence-corrected chi connectivity index (χ4v) is 5.19. The number of ether oxygens (including phenoxy) is 7. The lowest BCUT2D eigenvalue weighted by atomic mass is 9.93. The largest absolute Gasteiger partial charge is 0.371 e. The summed E-state index contributed by atoms with van der Waals surface area (Å²) in [5.41, 5.74) is 2.00. The highest BCUT2D eigenvalue weighted by atomic mass is 16.9. The highest BCUT2D eigenvalue weighted by Crippen LogP contribution is 2.45. The number of hydrogen-bond acceptors (Lipinski definition) is 8. The molecular weight excluding hydrogens is 476 g/mol. The van der Waals surface area contributed by atoms with Crippen LogP contribution in [0.15, 0.2) is 60.7 Å². The quantitative estimate of drug-likeness (QED) is 0.440. The number of hydrogen-bond donors (Lipinski definition) is 0. The number of aldehydes is 1. The summed E-state index contributed by atoms with van der Waals surface area (Å²) >= 11 is 0. The third kappa shape index (κ3) is 6.29. The molecule has 3 heterocycles. The smallest absolute Gasteiger partial charge is 0.190 e. The van der Waals surface area contributed by atoms with Crippen LogP contribution in [0.25, 0.3) is 0 Å². The molecule has 0 amide bonds. The van der Waals surface area contributed by atoms with Crippen LogP contribution in [0.4, 0.5) is 0 Å². The molecule has 8 nitrogen and oxygen atoms in total. The molecule has 3 aliphatic rings. The number of rotatable bonds is 10. The van der Waals surface area contributed by atoms with Crippen molar-refractivity contribution in [2.75, 3.05) is 0 Å². The Morgan fingerprint density at radius 3 is 1.92 bits per heavy atom. The van der Waals surface area contributed by atoms with Crippen LogP contribution < -0.4 is 0 Å². The van der Waals surface area contributed by atoms with Gasteiger partial charge in [-0.25, -0.2) is 0 Å². The molecule has 3 saturated heterocycles. The van der Waals surface area contributed by atoms with Crippen molar-refractivity contribution in [3.63, 3.8) is 0 Å². The predicted octanol–water partition coefficient (Wildman–Crippen LogP) is 4.14. The molecule has 0 saturated carbocycles. The fraction of sp³-hybridized carbons (Fsp3) is 0.552. The first-order valence-corrected chi connectivity index (χ1v) is 12.9. The maximum Gasteiger partial charge on any atom is 0.190 e. The summed E-state index contributed by atoms with van der Waals surface area (Å²) in [5.74, 6) is -1.66. The van der Waals surface area contributed by atoms with Crippen LogP contribution in [-0.4, -0.2) is 60.8 Å². The average Bonchev–Trinajstić information content (AvgIpc) is 3.38. The summed E-state index contributed by atoms with van der Waals surface area (Å²) in [5, 5.41) is 0. The van der Waals surface area contributed by atoms with E-state index in [4.69, 9.17) is 33.2 Å². The molecule has 0 spiro atoms. The van der Waals surface area contributed by atoms with Crippen LogP contribution in [0.5, 0.6) is 0 Å². The molecule has 0 N–H and O–H groups in total. The molecule has 8 heteroatoms. The van der Waals surface area contributed by atoms with Gasteiger partial charge < -0.3 is 38.0 Å². The molecule has 2 aromatic carbocycles. The van der Waals surface area contributed by atoms with Gasteiger partial charge in [0.05, 0.1) is 19.3 Å². The average molecular weight is 513 g/mol. The maximum atomic E-state index is 12.1. The first kappa shape index (κ1) is 26.4. The van der Waals surface area contributed by atoms with Crippen molar-refractivity contribution in [3.05, 3.63) is 71.8 Å². The zero-order valence-electron chi connectivity index (χ0n) is 21.8. The van der Waals surface area contributed by atoms with E-state index in [2.05, 4.69) is 0 Å². The minimum atomic E-state index is -0.834. The van der Waals surface area contributed by atoms with Crippen LogP contribution in [0.3, 0.4) is 0 Å². The van der Waals surface area contributed by atoms with Crippen LogP contribution in [0, 0.1) is 0 Å². The van der Waals surface area contributed by atoms with Gasteiger partial charge in [0.25, 0.3) is 0 Å². The minimum Gasteiger partial charge on any atom is -0.371 e. The predicted molar refractivity (Wildman–Crippen MR) is 133 cm³/mol. The van der Waals surface area contributed by atoms with E-state index in [-0.39, 0.29) is 6.42 Å². The highest BCUT2D eigenvalue weighted by Gasteiger charge is 2.62. The molecule has 37 heavy (non-hydrogen) atoms. The van der Waals surface area contributed by atoms with Crippen LogP contribution in [-0.2, 0) is 51.2 Å². The van der Waals surface area contributed by atoms with Gasteiger partial charge in [-0.15, -0.1) is 0 Å². The Morgan fingerprint density at radius 2 is 1.30 bits per heavy atom. The van der Waals surface area contributed by atoms with Crippen LogP contribution in [0.2, 0.25) is 0 Å². The molecule has 7 atom stereocenters. The van der Waals surface area contributed by atoms with E-state index in [0.29, 0.717) is 13.2 Å². The Balaban J connectivity index is 1.37. The van der Waals surface area contributed by atoms with Crippen molar-refractivity contribution in [2.45, 2.75) is 102 Å². The van der Waals surface area contributed by atoms with Crippen molar-refractivity contribution in [3.8, 4) is 0 Å². The van der Waals surface area contributed by atoms with E-state index in [9.17, 15) is 4.79 Å². The van der Waals surface area contributed by atoms with Gasteiger partial charge in [-0.3, -0.25) is 0 Å². The Labute approximate surface area is 218 Å². The second-order valence-corrected chi connectivity index (χ2v) is 10.7. The Morgan fingerprint density at radius 1 is 0.757 bits per heavy atom. The van der Waals surface area contributed by atoms with Crippen LogP contribution in [0.1, 0.15) is 45.2 Å². The molecule has 3 aliphatic heterocycles. The van der Waals surface area contributed by atoms with Gasteiger partial charge in [0.15, 0.2) is 17.9 Å². The molecule has 0 unspecified atom stereocenters. The fourth-order valence-electron chi connectivity index (χ4n) is 5.19. The standard InChI is InChI=1S/C29H36O8/c1-28(2)34-24-23(33-27-26(25(24)35-28)36-29(3,4)37-27)22(32-18-20-13-9-6-10-14-20)15-21(16-30)31-17-19-11-7-5-8-12-19/h5-14,16,21-27H,15,17-18H2,1-4H3/t21-,22-,23-,24+,25+,26-,27-/m1/s1. The van der Waals surface area contributed by atoms with E-state index in [1.807, 2.05) is 88.4 Å². The zero-order valence-corrected chi connectivity index (χ0v) is 21.8. The molecule has 2 aromatic rings. The Bertz CT molecular complexity index is 1030. The van der Waals surface area contributed by atoms with Gasteiger partial charge in [-0.05, 0) is 38.8 Å². The van der Waals surface area contributed by atoms with Crippen molar-refractivity contribution in [2.24, 2.45) is 0 Å². The zero-order chi connectivity index (χ0) is 26.0. The van der Waals surface area contributed by atoms with Crippen LogP contribution >= 0.6 is 0 Å². The Kier molecular flexibility index (Phi) is 7.79. The summed E-state index contributed by atoms with van der Waals surface area (Å²) in [6.45, 7) is 8.10. The second kappa shape index (κ2) is 10.9. The van der Waals surface area contributed by atoms with Gasteiger partial charge in [-0.1, -0.05) is 60.7 Å². The lowest BCUT2D eigenvalue weighted by Crippen LogP contribution is -2.59. The summed E-state index contributed by atoms with van der Waals surface area (Å²) < 4.78 is 43.7. The lowest BCUT2D eigenvalue weighted by Gasteiger charge is -2.41.